The molecule has 0 fully saturated rings. The summed E-state index contributed by atoms with van der Waals surface area (Å²) in [7, 11) is 0. The summed E-state index contributed by atoms with van der Waals surface area (Å²) < 4.78 is 0. The summed E-state index contributed by atoms with van der Waals surface area (Å²) >= 11 is 0. The van der Waals surface area contributed by atoms with Gasteiger partial charge in [0.2, 0.25) is 0 Å². The molecule has 12 aromatic carbocycles. The molecule has 0 saturated heterocycles. The fourth-order valence-corrected chi connectivity index (χ4v) is 11.6. The number of hydrogen-bond donors (Lipinski definition) is 0. The van der Waals surface area contributed by atoms with Crippen LogP contribution in [0.2, 0.25) is 0 Å². The van der Waals surface area contributed by atoms with Gasteiger partial charge in [-0.15, -0.1) is 0 Å². The number of allylic oxidation sites excluding steroid dienone is 9. The van der Waals surface area contributed by atoms with Crippen LogP contribution < -0.4 is 0 Å². The topological polar surface area (TPSA) is 3.24 Å². The fourth-order valence-electron chi connectivity index (χ4n) is 11.6. The van der Waals surface area contributed by atoms with E-state index in [1.807, 2.05) is 0 Å². The van der Waals surface area contributed by atoms with Gasteiger partial charge in [0.25, 0.3) is 0 Å². The van der Waals surface area contributed by atoms with Crippen molar-refractivity contribution >= 4 is 114 Å². The Morgan fingerprint density at radius 3 is 0.746 bits per heavy atom. The van der Waals surface area contributed by atoms with Gasteiger partial charge in [-0.25, -0.2) is 0 Å². The molecule has 0 aliphatic carbocycles. The third-order valence-electron chi connectivity index (χ3n) is 14.7. The van der Waals surface area contributed by atoms with Crippen LogP contribution in [0.5, 0.6) is 0 Å². The van der Waals surface area contributed by atoms with Gasteiger partial charge in [0.15, 0.2) is 0 Å². The Labute approximate surface area is 387 Å². The number of fused-ring (bicyclic) bond motifs is 12. The van der Waals surface area contributed by atoms with Crippen LogP contribution in [0.15, 0.2) is 254 Å². The van der Waals surface area contributed by atoms with Crippen molar-refractivity contribution in [1.29, 1.82) is 0 Å². The summed E-state index contributed by atoms with van der Waals surface area (Å²) in [6, 6.07) is 74.5. The Balaban J connectivity index is 1.00. The molecule has 308 valence electrons. The first-order chi connectivity index (χ1) is 33.1. The number of rotatable bonds is 3. The fraction of sp³-hybridized carbons (Fsp3) is 0. The van der Waals surface area contributed by atoms with Crippen LogP contribution in [-0.2, 0) is 0 Å². The minimum absolute atomic E-state index is 1.16. The van der Waals surface area contributed by atoms with Crippen LogP contribution in [0.4, 0.5) is 0 Å². The van der Waals surface area contributed by atoms with Crippen LogP contribution in [0, 0.1) is 0 Å². The van der Waals surface area contributed by atoms with Crippen LogP contribution in [0.25, 0.3) is 114 Å². The van der Waals surface area contributed by atoms with E-state index < -0.39 is 0 Å². The molecule has 0 unspecified atom stereocenters. The predicted molar refractivity (Wildman–Crippen MR) is 287 cm³/mol. The Morgan fingerprint density at radius 2 is 0.448 bits per heavy atom. The normalized spacial score (nSPS) is 14.8. The minimum Gasteiger partial charge on any atom is -0.310 e. The summed E-state index contributed by atoms with van der Waals surface area (Å²) in [6.45, 7) is 0. The molecule has 0 saturated carbocycles. The molecular formula is C66H39N. The highest BCUT2D eigenvalue weighted by atomic mass is 15.2. The molecule has 3 aliphatic heterocycles. The summed E-state index contributed by atoms with van der Waals surface area (Å²) in [5, 5.41) is 22.7. The molecule has 67 heavy (non-hydrogen) atoms. The molecule has 0 atom stereocenters. The minimum atomic E-state index is 1.16. The maximum atomic E-state index is 2.46. The zero-order valence-corrected chi connectivity index (χ0v) is 36.5. The number of hydrogen-bond acceptors (Lipinski definition) is 1. The van der Waals surface area contributed by atoms with Crippen molar-refractivity contribution in [1.82, 2.24) is 4.90 Å². The lowest BCUT2D eigenvalue weighted by molar-refractivity contribution is 0.567. The highest BCUT2D eigenvalue weighted by Crippen LogP contribution is 2.47. The quantitative estimate of drug-likeness (QED) is 0.126. The molecule has 1 heteroatoms. The van der Waals surface area contributed by atoms with E-state index in [0.717, 1.165) is 17.1 Å². The van der Waals surface area contributed by atoms with E-state index in [0.29, 0.717) is 0 Å². The maximum Gasteiger partial charge on any atom is 0.0474 e. The first kappa shape index (κ1) is 36.5. The van der Waals surface area contributed by atoms with Crippen molar-refractivity contribution in [2.24, 2.45) is 0 Å². The summed E-state index contributed by atoms with van der Waals surface area (Å²) in [5.74, 6) is 0. The summed E-state index contributed by atoms with van der Waals surface area (Å²) in [4.78, 5) is 2.46. The molecule has 0 bridgehead atoms. The van der Waals surface area contributed by atoms with E-state index >= 15 is 0 Å². The average Bonchev–Trinajstić information content (AvgIpc) is 3.38. The van der Waals surface area contributed by atoms with E-state index in [9.17, 15) is 0 Å². The van der Waals surface area contributed by atoms with Gasteiger partial charge in [0, 0.05) is 17.1 Å². The second-order valence-electron chi connectivity index (χ2n) is 18.5. The van der Waals surface area contributed by atoms with Gasteiger partial charge in [-0.2, -0.15) is 0 Å². The summed E-state index contributed by atoms with van der Waals surface area (Å²) in [6.07, 6.45) is 14.5. The van der Waals surface area contributed by atoms with E-state index in [1.54, 1.807) is 0 Å². The lowest BCUT2D eigenvalue weighted by Gasteiger charge is -2.38. The van der Waals surface area contributed by atoms with Crippen molar-refractivity contribution in [3.63, 3.8) is 0 Å². The zero-order valence-electron chi connectivity index (χ0n) is 36.5. The van der Waals surface area contributed by atoms with Crippen molar-refractivity contribution in [3.05, 3.63) is 270 Å². The van der Waals surface area contributed by atoms with Crippen molar-refractivity contribution in [3.8, 4) is 0 Å². The molecule has 0 N–H and O–H groups in total. The Morgan fingerprint density at radius 1 is 0.194 bits per heavy atom. The largest absolute Gasteiger partial charge is 0.310 e. The number of benzene rings is 12. The van der Waals surface area contributed by atoms with Gasteiger partial charge in [0.05, 0.1) is 0 Å². The monoisotopic (exact) mass is 845 g/mol. The number of nitrogens with zero attached hydrogens (tertiary/aromatic N) is 1. The molecule has 0 radical (unpaired) electrons. The smallest absolute Gasteiger partial charge is 0.0474 e. The standard InChI is InChI=1S/C66H39N/c1-4-16-43-34-61-46(25-40(43)13-1)37-64(58-22-10-7-19-55(58)61)49-28-52-30-50(65-38-47-26-41-14-2-5-17-44(41)35-62(47)56-20-8-11-23-59(56)65)32-54-33-51(31-53(29-49)67(52)54)66-39-48-27-42-15-3-6-18-45(42)36-63(48)57-21-9-12-24-60(57)66/h1-39H. The average molecular weight is 846 g/mol. The third kappa shape index (κ3) is 5.56. The highest BCUT2D eigenvalue weighted by molar-refractivity contribution is 6.19. The van der Waals surface area contributed by atoms with Gasteiger partial charge in [-0.05, 0) is 221 Å². The van der Waals surface area contributed by atoms with Crippen LogP contribution in [0.3, 0.4) is 0 Å². The van der Waals surface area contributed by atoms with Crippen molar-refractivity contribution in [2.75, 3.05) is 0 Å². The second-order valence-corrected chi connectivity index (χ2v) is 18.5. The SMILES string of the molecule is C1=C(c2cc3cc4ccccc4cc3c3ccccc23)C=C2C=C(c3cc4cc5ccccc5cc4c4ccccc34)C=C3C=C(c4cc5cc6ccccc6cc5c5ccccc45)C=C1N23. The van der Waals surface area contributed by atoms with Crippen LogP contribution in [0.1, 0.15) is 16.7 Å². The molecule has 3 heterocycles. The van der Waals surface area contributed by atoms with Crippen LogP contribution in [-0.4, -0.2) is 4.90 Å². The maximum absolute atomic E-state index is 2.46. The molecule has 0 amide bonds. The predicted octanol–water partition coefficient (Wildman–Crippen LogP) is 17.6. The lowest BCUT2D eigenvalue weighted by Crippen LogP contribution is -2.26. The zero-order chi connectivity index (χ0) is 43.7. The first-order valence-electron chi connectivity index (χ1n) is 23.3. The van der Waals surface area contributed by atoms with Crippen molar-refractivity contribution < 1.29 is 0 Å². The molecule has 1 nitrogen and oxygen atoms in total. The van der Waals surface area contributed by atoms with Gasteiger partial charge in [-0.1, -0.05) is 146 Å². The molecule has 3 aliphatic rings. The van der Waals surface area contributed by atoms with Gasteiger partial charge in [0.1, 0.15) is 0 Å². The molecule has 0 aromatic heterocycles. The third-order valence-corrected chi connectivity index (χ3v) is 14.7. The lowest BCUT2D eigenvalue weighted by atomic mass is 9.85. The van der Waals surface area contributed by atoms with Gasteiger partial charge < -0.3 is 4.90 Å². The van der Waals surface area contributed by atoms with Crippen LogP contribution >= 0.6 is 0 Å². The van der Waals surface area contributed by atoms with E-state index in [2.05, 4.69) is 242 Å². The molecular weight excluding hydrogens is 807 g/mol. The van der Waals surface area contributed by atoms with Gasteiger partial charge >= 0.3 is 0 Å². The Kier molecular flexibility index (Phi) is 7.56. The highest BCUT2D eigenvalue weighted by Gasteiger charge is 2.30. The second kappa shape index (κ2) is 13.9. The summed E-state index contributed by atoms with van der Waals surface area (Å²) in [5.41, 5.74) is 10.8. The van der Waals surface area contributed by atoms with Crippen molar-refractivity contribution in [2.45, 2.75) is 0 Å². The van der Waals surface area contributed by atoms with E-state index in [4.69, 9.17) is 0 Å². The Bertz CT molecular complexity index is 3980. The first-order valence-corrected chi connectivity index (χ1v) is 23.3. The van der Waals surface area contributed by atoms with Gasteiger partial charge in [-0.3, -0.25) is 0 Å². The molecule has 12 aromatic rings. The van der Waals surface area contributed by atoms with E-state index in [-0.39, 0.29) is 0 Å². The Hall–Kier alpha value is -8.78. The molecule has 15 rings (SSSR count). The molecule has 0 spiro atoms. The van der Waals surface area contributed by atoms with E-state index in [1.165, 1.54) is 130 Å².